The van der Waals surface area contributed by atoms with Gasteiger partial charge in [0.2, 0.25) is 0 Å². The average molecular weight is 811 g/mol. The molecule has 4 aromatic rings. The van der Waals surface area contributed by atoms with Crippen LogP contribution in [0.25, 0.3) is 0 Å². The van der Waals surface area contributed by atoms with Gasteiger partial charge >= 0.3 is 23.9 Å². The zero-order valence-electron chi connectivity index (χ0n) is 35.1. The van der Waals surface area contributed by atoms with Crippen LogP contribution in [-0.4, -0.2) is 98.8 Å². The smallest absolute Gasteiger partial charge is 0.414 e. The zero-order valence-corrected chi connectivity index (χ0v) is 35.1. The van der Waals surface area contributed by atoms with Gasteiger partial charge in [-0.2, -0.15) is 0 Å². The van der Waals surface area contributed by atoms with Gasteiger partial charge in [0.1, 0.15) is 11.4 Å². The minimum absolute atomic E-state index is 0.301. The number of nitrogens with one attached hydrogen (secondary N) is 4. The minimum atomic E-state index is -1.82. The van der Waals surface area contributed by atoms with Crippen molar-refractivity contribution in [3.63, 3.8) is 0 Å². The van der Waals surface area contributed by atoms with Crippen molar-refractivity contribution < 1.29 is 57.8 Å². The molecule has 0 saturated heterocycles. The monoisotopic (exact) mass is 810 g/mol. The molecule has 4 rings (SSSR count). The maximum Gasteiger partial charge on any atom is 0.414 e. The van der Waals surface area contributed by atoms with Crippen LogP contribution in [0.15, 0.2) is 36.4 Å². The van der Waals surface area contributed by atoms with E-state index in [-0.39, 0.29) is 11.9 Å². The molecule has 318 valence electrons. The third-order valence-electron chi connectivity index (χ3n) is 9.01. The van der Waals surface area contributed by atoms with E-state index in [1.165, 1.54) is 11.1 Å². The summed E-state index contributed by atoms with van der Waals surface area (Å²) < 4.78 is 31.4. The van der Waals surface area contributed by atoms with Gasteiger partial charge in [0.25, 0.3) is 0 Å². The lowest BCUT2D eigenvalue weighted by Gasteiger charge is -2.10. The first-order valence-electron chi connectivity index (χ1n) is 18.7. The van der Waals surface area contributed by atoms with Crippen LogP contribution in [-0.2, 0) is 45.0 Å². The molecule has 2 aromatic heterocycles. The zero-order chi connectivity index (χ0) is 43.4. The maximum atomic E-state index is 12.0. The third-order valence-corrected chi connectivity index (χ3v) is 9.01. The fourth-order valence-electron chi connectivity index (χ4n) is 5.89. The SMILES string of the molecule is CCOC(=O)c1[nH]c(C)c(CNCCc2ccc(OC)c(OC)c2)c1C.CCOC(=O)c1[nH]c(C)c(CNCCc2ccc(OC)c(OC)c2)c1C.O=C(O)C(=O)O. The molecule has 6 N–H and O–H groups in total. The summed E-state index contributed by atoms with van der Waals surface area (Å²) in [6.45, 7) is 15.2. The molecule has 16 heteroatoms. The van der Waals surface area contributed by atoms with Crippen LogP contribution in [0.3, 0.4) is 0 Å². The Morgan fingerprint density at radius 2 is 0.914 bits per heavy atom. The minimum Gasteiger partial charge on any atom is -0.493 e. The summed E-state index contributed by atoms with van der Waals surface area (Å²) in [6.07, 6.45) is 1.74. The van der Waals surface area contributed by atoms with Crippen LogP contribution in [0.2, 0.25) is 0 Å². The molecule has 0 aliphatic rings. The van der Waals surface area contributed by atoms with Crippen LogP contribution in [0.1, 0.15) is 79.6 Å². The Morgan fingerprint density at radius 3 is 1.21 bits per heavy atom. The number of hydrogen-bond donors (Lipinski definition) is 6. The average Bonchev–Trinajstić information content (AvgIpc) is 3.66. The molecule has 0 aliphatic heterocycles. The molecule has 0 fully saturated rings. The lowest BCUT2D eigenvalue weighted by molar-refractivity contribution is -0.159. The number of carbonyl (C=O) groups excluding carboxylic acids is 2. The highest BCUT2D eigenvalue weighted by molar-refractivity contribution is 6.27. The second-order valence-corrected chi connectivity index (χ2v) is 12.7. The van der Waals surface area contributed by atoms with Gasteiger partial charge in [-0.15, -0.1) is 0 Å². The fourth-order valence-corrected chi connectivity index (χ4v) is 5.89. The summed E-state index contributed by atoms with van der Waals surface area (Å²) in [5.41, 5.74) is 9.52. The van der Waals surface area contributed by atoms with E-state index in [2.05, 4.69) is 20.6 Å². The van der Waals surface area contributed by atoms with E-state index in [1.54, 1.807) is 42.3 Å². The van der Waals surface area contributed by atoms with E-state index in [9.17, 15) is 9.59 Å². The largest absolute Gasteiger partial charge is 0.493 e. The number of aliphatic carboxylic acids is 2. The molecule has 0 saturated carbocycles. The highest BCUT2D eigenvalue weighted by Crippen LogP contribution is 2.29. The van der Waals surface area contributed by atoms with Crippen LogP contribution < -0.4 is 29.6 Å². The third kappa shape index (κ3) is 14.2. The lowest BCUT2D eigenvalue weighted by Crippen LogP contribution is -2.17. The molecular weight excluding hydrogens is 752 g/mol. The van der Waals surface area contributed by atoms with E-state index in [0.717, 1.165) is 82.6 Å². The van der Waals surface area contributed by atoms with Crippen molar-refractivity contribution in [2.45, 2.75) is 67.5 Å². The lowest BCUT2D eigenvalue weighted by atomic mass is 10.1. The Bertz CT molecular complexity index is 1830. The summed E-state index contributed by atoms with van der Waals surface area (Å²) in [7, 11) is 6.54. The van der Waals surface area contributed by atoms with E-state index in [4.69, 9.17) is 48.2 Å². The molecule has 2 heterocycles. The Hall–Kier alpha value is -6.00. The first-order chi connectivity index (χ1) is 27.7. The molecule has 0 unspecified atom stereocenters. The molecule has 0 amide bonds. The number of aryl methyl sites for hydroxylation is 2. The van der Waals surface area contributed by atoms with Crippen LogP contribution >= 0.6 is 0 Å². The number of carboxylic acids is 2. The van der Waals surface area contributed by atoms with Crippen LogP contribution in [0.4, 0.5) is 0 Å². The van der Waals surface area contributed by atoms with E-state index >= 15 is 0 Å². The molecule has 0 spiro atoms. The van der Waals surface area contributed by atoms with Crippen LogP contribution in [0, 0.1) is 27.7 Å². The van der Waals surface area contributed by atoms with Gasteiger partial charge in [-0.1, -0.05) is 12.1 Å². The second-order valence-electron chi connectivity index (χ2n) is 12.7. The van der Waals surface area contributed by atoms with Crippen LogP contribution in [0.5, 0.6) is 23.0 Å². The first-order valence-corrected chi connectivity index (χ1v) is 18.7. The van der Waals surface area contributed by atoms with Crippen molar-refractivity contribution in [1.82, 2.24) is 20.6 Å². The number of methoxy groups -OCH3 is 4. The van der Waals surface area contributed by atoms with Crippen molar-refractivity contribution >= 4 is 23.9 Å². The van der Waals surface area contributed by atoms with Crippen molar-refractivity contribution in [2.75, 3.05) is 54.7 Å². The molecule has 0 aliphatic carbocycles. The van der Waals surface area contributed by atoms with Gasteiger partial charge in [-0.3, -0.25) is 0 Å². The maximum absolute atomic E-state index is 12.0. The summed E-state index contributed by atoms with van der Waals surface area (Å²) in [4.78, 5) is 48.4. The number of carboxylic acid groups (broad SMARTS) is 2. The molecule has 0 radical (unpaired) electrons. The molecule has 58 heavy (non-hydrogen) atoms. The topological polar surface area (TPSA) is 220 Å². The number of rotatable bonds is 18. The molecule has 16 nitrogen and oxygen atoms in total. The molecular formula is C42H58N4O12. The standard InChI is InChI=1S/2C20H28N2O4.C2H2O4/c2*1-6-26-20(23)19-13(2)16(14(3)22-19)12-21-10-9-15-7-8-17(24-4)18(11-15)25-5;3-1(4)2(5)6/h2*7-8,11,21-22H,6,9-10,12H2,1-5H3;(H,3,4)(H,5,6). The first kappa shape index (κ1) is 48.1. The highest BCUT2D eigenvalue weighted by Gasteiger charge is 2.19. The number of aromatic nitrogens is 2. The molecule has 2 aromatic carbocycles. The van der Waals surface area contributed by atoms with Gasteiger partial charge < -0.3 is 59.2 Å². The molecule has 0 atom stereocenters. The Labute approximate surface area is 339 Å². The Balaban J connectivity index is 0.000000351. The fraction of sp³-hybridized carbons (Fsp3) is 0.429. The number of H-pyrrole nitrogens is 2. The van der Waals surface area contributed by atoms with E-state index < -0.39 is 11.9 Å². The predicted octanol–water partition coefficient (Wildman–Crippen LogP) is 5.47. The van der Waals surface area contributed by atoms with Gasteiger partial charge in [0.05, 0.1) is 41.7 Å². The van der Waals surface area contributed by atoms with E-state index in [1.807, 2.05) is 64.1 Å². The van der Waals surface area contributed by atoms with Gasteiger partial charge in [-0.25, -0.2) is 19.2 Å². The summed E-state index contributed by atoms with van der Waals surface area (Å²) in [6, 6.07) is 11.9. The second kappa shape index (κ2) is 24.6. The highest BCUT2D eigenvalue weighted by atomic mass is 16.5. The van der Waals surface area contributed by atoms with Crippen molar-refractivity contribution in [2.24, 2.45) is 0 Å². The quantitative estimate of drug-likeness (QED) is 0.0417. The van der Waals surface area contributed by atoms with Crippen molar-refractivity contribution in [1.29, 1.82) is 0 Å². The summed E-state index contributed by atoms with van der Waals surface area (Å²) in [5, 5.41) is 21.7. The number of carbonyl (C=O) groups is 4. The van der Waals surface area contributed by atoms with E-state index in [0.29, 0.717) is 37.7 Å². The van der Waals surface area contributed by atoms with Gasteiger partial charge in [-0.05, 0) is 125 Å². The van der Waals surface area contributed by atoms with Crippen molar-refractivity contribution in [3.8, 4) is 23.0 Å². The predicted molar refractivity (Wildman–Crippen MR) is 218 cm³/mol. The Kier molecular flexibility index (Phi) is 20.4. The van der Waals surface area contributed by atoms with Gasteiger partial charge in [0, 0.05) is 24.5 Å². The number of ether oxygens (including phenoxy) is 6. The Morgan fingerprint density at radius 1 is 0.569 bits per heavy atom. The molecule has 0 bridgehead atoms. The number of hydrogen-bond acceptors (Lipinski definition) is 12. The normalized spacial score (nSPS) is 10.3. The van der Waals surface area contributed by atoms with Gasteiger partial charge in [0.15, 0.2) is 23.0 Å². The van der Waals surface area contributed by atoms with Crippen molar-refractivity contribution in [3.05, 3.63) is 92.6 Å². The summed E-state index contributed by atoms with van der Waals surface area (Å²) >= 11 is 0. The summed E-state index contributed by atoms with van der Waals surface area (Å²) in [5.74, 6) is -1.31. The number of aromatic amines is 2. The number of benzene rings is 2. The number of esters is 2.